The molecule has 0 fully saturated rings. The number of carboxylic acid groups (broad SMARTS) is 1. The predicted molar refractivity (Wildman–Crippen MR) is 68.2 cm³/mol. The Kier molecular flexibility index (Phi) is 4.42. The lowest BCUT2D eigenvalue weighted by Crippen LogP contribution is -2.05. The molecule has 0 saturated heterocycles. The van der Waals surface area contributed by atoms with Gasteiger partial charge in [-0.25, -0.2) is 4.79 Å². The molecule has 0 aliphatic heterocycles. The Balaban J connectivity index is 2.55. The van der Waals surface area contributed by atoms with Gasteiger partial charge in [-0.3, -0.25) is 0 Å². The first-order valence-corrected chi connectivity index (χ1v) is 6.33. The minimum atomic E-state index is -0.863. The summed E-state index contributed by atoms with van der Waals surface area (Å²) in [5.74, 6) is 0.158. The predicted octanol–water partition coefficient (Wildman–Crippen LogP) is 3.91. The van der Waals surface area contributed by atoms with E-state index >= 15 is 0 Å². The molecule has 1 N–H and O–H groups in total. The summed E-state index contributed by atoms with van der Waals surface area (Å²) in [5, 5.41) is 8.85. The van der Waals surface area contributed by atoms with Crippen molar-refractivity contribution in [3.63, 3.8) is 0 Å². The summed E-state index contributed by atoms with van der Waals surface area (Å²) in [5.41, 5.74) is 0.693. The zero-order chi connectivity index (χ0) is 12.2. The van der Waals surface area contributed by atoms with Crippen molar-refractivity contribution in [1.82, 2.24) is 0 Å². The molecule has 0 aliphatic carbocycles. The Labute approximate surface area is 101 Å². The summed E-state index contributed by atoms with van der Waals surface area (Å²) >= 11 is 1.72. The molecule has 0 spiro atoms. The summed E-state index contributed by atoms with van der Waals surface area (Å²) in [6, 6.07) is 7.11. The number of carboxylic acids is 1. The summed E-state index contributed by atoms with van der Waals surface area (Å²) < 4.78 is 0. The van der Waals surface area contributed by atoms with Gasteiger partial charge in [0.25, 0.3) is 0 Å². The molecule has 0 unspecified atom stereocenters. The van der Waals surface area contributed by atoms with E-state index in [4.69, 9.17) is 5.11 Å². The number of aromatic carboxylic acids is 1. The average Bonchev–Trinajstić information content (AvgIpc) is 2.16. The van der Waals surface area contributed by atoms with E-state index < -0.39 is 5.97 Å². The first-order chi connectivity index (χ1) is 7.38. The maximum atomic E-state index is 10.8. The highest BCUT2D eigenvalue weighted by molar-refractivity contribution is 7.99. The Morgan fingerprint density at radius 3 is 2.62 bits per heavy atom. The van der Waals surface area contributed by atoms with Crippen molar-refractivity contribution < 1.29 is 9.90 Å². The van der Waals surface area contributed by atoms with Crippen molar-refractivity contribution in [2.75, 3.05) is 5.75 Å². The number of thioether (sulfide) groups is 1. The second-order valence-electron chi connectivity index (χ2n) is 4.99. The van der Waals surface area contributed by atoms with Gasteiger partial charge in [0.1, 0.15) is 0 Å². The van der Waals surface area contributed by atoms with Crippen LogP contribution in [0, 0.1) is 5.41 Å². The van der Waals surface area contributed by atoms with Gasteiger partial charge >= 0.3 is 5.97 Å². The van der Waals surface area contributed by atoms with E-state index in [2.05, 4.69) is 20.8 Å². The van der Waals surface area contributed by atoms with Crippen LogP contribution in [0.3, 0.4) is 0 Å². The lowest BCUT2D eigenvalue weighted by molar-refractivity contribution is 0.0696. The smallest absolute Gasteiger partial charge is 0.335 e. The first kappa shape index (κ1) is 13.1. The molecule has 1 rings (SSSR count). The van der Waals surface area contributed by atoms with Gasteiger partial charge in [-0.05, 0) is 35.8 Å². The number of rotatable bonds is 4. The summed E-state index contributed by atoms with van der Waals surface area (Å²) in [7, 11) is 0. The molecule has 1 aromatic rings. The van der Waals surface area contributed by atoms with Crippen molar-refractivity contribution in [3.05, 3.63) is 29.8 Å². The maximum absolute atomic E-state index is 10.8. The van der Waals surface area contributed by atoms with Gasteiger partial charge in [-0.2, -0.15) is 0 Å². The fourth-order valence-corrected chi connectivity index (χ4v) is 2.53. The largest absolute Gasteiger partial charge is 0.478 e. The van der Waals surface area contributed by atoms with Crippen LogP contribution >= 0.6 is 11.8 Å². The topological polar surface area (TPSA) is 37.3 Å². The van der Waals surface area contributed by atoms with E-state index in [-0.39, 0.29) is 0 Å². The molecule has 2 nitrogen and oxygen atoms in total. The third-order valence-electron chi connectivity index (χ3n) is 2.20. The number of benzene rings is 1. The summed E-state index contributed by atoms with van der Waals surface area (Å²) in [6.45, 7) is 6.63. The molecule has 0 aliphatic rings. The lowest BCUT2D eigenvalue weighted by atomic mass is 9.94. The molecule has 0 heterocycles. The van der Waals surface area contributed by atoms with Crippen LogP contribution in [-0.4, -0.2) is 16.8 Å². The molecule has 0 aromatic heterocycles. The molecule has 88 valence electrons. The van der Waals surface area contributed by atoms with E-state index in [0.717, 1.165) is 17.1 Å². The van der Waals surface area contributed by atoms with Gasteiger partial charge in [-0.1, -0.05) is 26.8 Å². The summed E-state index contributed by atoms with van der Waals surface area (Å²) in [6.07, 6.45) is 1.12. The van der Waals surface area contributed by atoms with E-state index in [0.29, 0.717) is 11.0 Å². The van der Waals surface area contributed by atoms with E-state index in [1.54, 1.807) is 30.0 Å². The number of hydrogen-bond donors (Lipinski definition) is 1. The Morgan fingerprint density at radius 1 is 1.38 bits per heavy atom. The summed E-state index contributed by atoms with van der Waals surface area (Å²) in [4.78, 5) is 11.8. The van der Waals surface area contributed by atoms with Crippen LogP contribution in [0.4, 0.5) is 0 Å². The highest BCUT2D eigenvalue weighted by atomic mass is 32.2. The van der Waals surface area contributed by atoms with Gasteiger partial charge in [0.2, 0.25) is 0 Å². The van der Waals surface area contributed by atoms with Crippen LogP contribution in [0.2, 0.25) is 0 Å². The third kappa shape index (κ3) is 4.71. The van der Waals surface area contributed by atoms with Crippen molar-refractivity contribution in [2.24, 2.45) is 5.41 Å². The molecular weight excluding hydrogens is 220 g/mol. The molecule has 0 saturated carbocycles. The van der Waals surface area contributed by atoms with Crippen LogP contribution in [0.5, 0.6) is 0 Å². The van der Waals surface area contributed by atoms with Gasteiger partial charge in [-0.15, -0.1) is 11.8 Å². The van der Waals surface area contributed by atoms with Gasteiger partial charge in [0.15, 0.2) is 0 Å². The van der Waals surface area contributed by atoms with Crippen LogP contribution in [0.25, 0.3) is 0 Å². The molecule has 16 heavy (non-hydrogen) atoms. The van der Waals surface area contributed by atoms with Gasteiger partial charge in [0.05, 0.1) is 5.56 Å². The molecule has 0 radical (unpaired) electrons. The average molecular weight is 238 g/mol. The van der Waals surface area contributed by atoms with Gasteiger partial charge < -0.3 is 5.11 Å². The zero-order valence-electron chi connectivity index (χ0n) is 9.99. The molecule has 0 bridgehead atoms. The lowest BCUT2D eigenvalue weighted by Gasteiger charge is -2.17. The molecule has 0 amide bonds. The van der Waals surface area contributed by atoms with Crippen LogP contribution in [0.15, 0.2) is 29.2 Å². The molecule has 1 aromatic carbocycles. The number of hydrogen-bond acceptors (Lipinski definition) is 2. The van der Waals surface area contributed by atoms with Crippen molar-refractivity contribution in [1.29, 1.82) is 0 Å². The molecular formula is C13H18O2S. The van der Waals surface area contributed by atoms with Gasteiger partial charge in [0, 0.05) is 4.90 Å². The molecule has 3 heteroatoms. The Morgan fingerprint density at radius 2 is 2.06 bits per heavy atom. The SMILES string of the molecule is CC(C)(C)CCSc1cccc(C(=O)O)c1. The van der Waals surface area contributed by atoms with Crippen LogP contribution in [-0.2, 0) is 0 Å². The van der Waals surface area contributed by atoms with Crippen LogP contribution < -0.4 is 0 Å². The quantitative estimate of drug-likeness (QED) is 0.808. The Bertz CT molecular complexity index is 366. The monoisotopic (exact) mass is 238 g/mol. The first-order valence-electron chi connectivity index (χ1n) is 5.35. The highest BCUT2D eigenvalue weighted by Gasteiger charge is 2.10. The zero-order valence-corrected chi connectivity index (χ0v) is 10.8. The Hall–Kier alpha value is -0.960. The van der Waals surface area contributed by atoms with Crippen LogP contribution in [0.1, 0.15) is 37.6 Å². The molecule has 0 atom stereocenters. The van der Waals surface area contributed by atoms with E-state index in [9.17, 15) is 4.79 Å². The fourth-order valence-electron chi connectivity index (χ4n) is 1.19. The van der Waals surface area contributed by atoms with Crippen molar-refractivity contribution in [2.45, 2.75) is 32.1 Å². The standard InChI is InChI=1S/C13H18O2S/c1-13(2,3)7-8-16-11-6-4-5-10(9-11)12(14)15/h4-6,9H,7-8H2,1-3H3,(H,14,15). The fraction of sp³-hybridized carbons (Fsp3) is 0.462. The second kappa shape index (κ2) is 5.39. The normalized spacial score (nSPS) is 11.4. The second-order valence-corrected chi connectivity index (χ2v) is 6.16. The minimum Gasteiger partial charge on any atom is -0.478 e. The van der Waals surface area contributed by atoms with E-state index in [1.165, 1.54) is 0 Å². The van der Waals surface area contributed by atoms with Crippen molar-refractivity contribution in [3.8, 4) is 0 Å². The highest BCUT2D eigenvalue weighted by Crippen LogP contribution is 2.26. The van der Waals surface area contributed by atoms with Crippen molar-refractivity contribution >= 4 is 17.7 Å². The maximum Gasteiger partial charge on any atom is 0.335 e. The third-order valence-corrected chi connectivity index (χ3v) is 3.20. The minimum absolute atomic E-state index is 0.331. The van der Waals surface area contributed by atoms with E-state index in [1.807, 2.05) is 6.07 Å². The number of carbonyl (C=O) groups is 1.